The molecule has 14 heavy (non-hydrogen) atoms. The Hall–Kier alpha value is -0.430. The van der Waals surface area contributed by atoms with Crippen molar-refractivity contribution >= 4 is 0 Å². The maximum absolute atomic E-state index is 12.6. The second-order valence-electron chi connectivity index (χ2n) is 3.27. The first-order valence-corrected chi connectivity index (χ1v) is 4.13. The number of aliphatic hydroxyl groups is 1. The van der Waals surface area contributed by atoms with Crippen molar-refractivity contribution in [2.75, 3.05) is 6.54 Å². The summed E-state index contributed by atoms with van der Waals surface area (Å²) in [5.74, 6) is -5.05. The van der Waals surface area contributed by atoms with Crippen LogP contribution in [0.5, 0.6) is 0 Å². The summed E-state index contributed by atoms with van der Waals surface area (Å²) < 4.78 is 60.5. The molecule has 0 amide bonds. The van der Waals surface area contributed by atoms with Crippen molar-refractivity contribution in [3.8, 4) is 0 Å². The van der Waals surface area contributed by atoms with E-state index < -0.39 is 24.2 Å². The van der Waals surface area contributed by atoms with Crippen LogP contribution in [0.3, 0.4) is 0 Å². The molecule has 1 heterocycles. The van der Waals surface area contributed by atoms with E-state index in [-0.39, 0.29) is 6.42 Å². The third-order valence-corrected chi connectivity index (χ3v) is 2.23. The molecule has 1 fully saturated rings. The van der Waals surface area contributed by atoms with Gasteiger partial charge in [0.25, 0.3) is 0 Å². The van der Waals surface area contributed by atoms with E-state index in [1.807, 2.05) is 0 Å². The lowest BCUT2D eigenvalue weighted by atomic mass is 10.0. The zero-order valence-corrected chi connectivity index (χ0v) is 7.11. The van der Waals surface area contributed by atoms with E-state index in [0.717, 1.165) is 0 Å². The highest BCUT2D eigenvalue weighted by atomic mass is 19.4. The molecule has 2 N–H and O–H groups in total. The third-order valence-electron chi connectivity index (χ3n) is 2.23. The molecule has 1 saturated heterocycles. The van der Waals surface area contributed by atoms with Crippen LogP contribution in [0.1, 0.15) is 12.8 Å². The Morgan fingerprint density at radius 2 is 1.79 bits per heavy atom. The van der Waals surface area contributed by atoms with Gasteiger partial charge < -0.3 is 10.4 Å². The van der Waals surface area contributed by atoms with Crippen LogP contribution in [0.4, 0.5) is 22.0 Å². The van der Waals surface area contributed by atoms with Crippen LogP contribution in [0, 0.1) is 0 Å². The smallest absolute Gasteiger partial charge is 0.385 e. The predicted molar refractivity (Wildman–Crippen MR) is 38.0 cm³/mol. The van der Waals surface area contributed by atoms with Gasteiger partial charge in [0.15, 0.2) is 0 Å². The molecule has 0 spiro atoms. The quantitative estimate of drug-likeness (QED) is 0.686. The summed E-state index contributed by atoms with van der Waals surface area (Å²) in [4.78, 5) is 0. The summed E-state index contributed by atoms with van der Waals surface area (Å²) in [5.41, 5.74) is 0. The highest BCUT2D eigenvalue weighted by Crippen LogP contribution is 2.40. The minimum absolute atomic E-state index is 0.132. The predicted octanol–water partition coefficient (Wildman–Crippen LogP) is 1.30. The van der Waals surface area contributed by atoms with Gasteiger partial charge in [-0.25, -0.2) is 0 Å². The SMILES string of the molecule is OC(C1CCCN1)C(F)(F)C(F)(F)F. The average Bonchev–Trinajstić information content (AvgIpc) is 2.52. The van der Waals surface area contributed by atoms with Crippen molar-refractivity contribution in [1.29, 1.82) is 0 Å². The molecule has 2 unspecified atom stereocenters. The molecule has 0 aliphatic carbocycles. The minimum atomic E-state index is -5.70. The van der Waals surface area contributed by atoms with Crippen molar-refractivity contribution in [1.82, 2.24) is 5.32 Å². The van der Waals surface area contributed by atoms with Gasteiger partial charge in [0.1, 0.15) is 6.10 Å². The van der Waals surface area contributed by atoms with Crippen molar-refractivity contribution in [3.05, 3.63) is 0 Å². The van der Waals surface area contributed by atoms with Crippen LogP contribution in [0.25, 0.3) is 0 Å². The molecule has 0 bridgehead atoms. The molecule has 1 aliphatic rings. The number of rotatable bonds is 2. The van der Waals surface area contributed by atoms with E-state index in [1.165, 1.54) is 0 Å². The van der Waals surface area contributed by atoms with E-state index in [9.17, 15) is 22.0 Å². The lowest BCUT2D eigenvalue weighted by molar-refractivity contribution is -0.315. The highest BCUT2D eigenvalue weighted by molar-refractivity contribution is 4.93. The van der Waals surface area contributed by atoms with Crippen LogP contribution >= 0.6 is 0 Å². The number of hydrogen-bond acceptors (Lipinski definition) is 2. The maximum Gasteiger partial charge on any atom is 0.456 e. The van der Waals surface area contributed by atoms with Gasteiger partial charge in [-0.3, -0.25) is 0 Å². The zero-order chi connectivity index (χ0) is 11.0. The van der Waals surface area contributed by atoms with Crippen molar-refractivity contribution < 1.29 is 27.1 Å². The van der Waals surface area contributed by atoms with E-state index in [1.54, 1.807) is 0 Å². The number of nitrogens with one attached hydrogen (secondary N) is 1. The number of hydrogen-bond donors (Lipinski definition) is 2. The largest absolute Gasteiger partial charge is 0.456 e. The standard InChI is InChI=1S/C7H10F5NO/c8-6(9,7(10,11)12)5(14)4-2-1-3-13-4/h4-5,13-14H,1-3H2. The van der Waals surface area contributed by atoms with E-state index in [4.69, 9.17) is 5.11 Å². The van der Waals surface area contributed by atoms with Crippen molar-refractivity contribution in [2.24, 2.45) is 0 Å². The molecule has 0 aromatic rings. The minimum Gasteiger partial charge on any atom is -0.385 e. The van der Waals surface area contributed by atoms with Gasteiger partial charge in [-0.2, -0.15) is 22.0 Å². The van der Waals surface area contributed by atoms with Gasteiger partial charge >= 0.3 is 12.1 Å². The van der Waals surface area contributed by atoms with Gasteiger partial charge in [0.05, 0.1) is 0 Å². The maximum atomic E-state index is 12.6. The Morgan fingerprint density at radius 1 is 1.21 bits per heavy atom. The first-order chi connectivity index (χ1) is 6.27. The molecule has 0 radical (unpaired) electrons. The average molecular weight is 219 g/mol. The van der Waals surface area contributed by atoms with E-state index in [0.29, 0.717) is 13.0 Å². The van der Waals surface area contributed by atoms with Gasteiger partial charge in [0, 0.05) is 6.04 Å². The molecular formula is C7H10F5NO. The molecule has 0 aromatic carbocycles. The zero-order valence-electron chi connectivity index (χ0n) is 7.11. The normalized spacial score (nSPS) is 26.6. The summed E-state index contributed by atoms with van der Waals surface area (Å²) in [5, 5.41) is 11.3. The summed E-state index contributed by atoms with van der Waals surface area (Å²) >= 11 is 0. The summed E-state index contributed by atoms with van der Waals surface area (Å²) in [6, 6.07) is -1.17. The number of halogens is 5. The molecule has 84 valence electrons. The fraction of sp³-hybridized carbons (Fsp3) is 1.00. The molecule has 0 aromatic heterocycles. The summed E-state index contributed by atoms with van der Waals surface area (Å²) in [7, 11) is 0. The monoisotopic (exact) mass is 219 g/mol. The number of alkyl halides is 5. The van der Waals surface area contributed by atoms with Crippen LogP contribution in [0.15, 0.2) is 0 Å². The van der Waals surface area contributed by atoms with Gasteiger partial charge in [-0.1, -0.05) is 0 Å². The van der Waals surface area contributed by atoms with Gasteiger partial charge in [-0.15, -0.1) is 0 Å². The van der Waals surface area contributed by atoms with Crippen LogP contribution in [-0.2, 0) is 0 Å². The molecule has 2 nitrogen and oxygen atoms in total. The first kappa shape index (κ1) is 11.6. The topological polar surface area (TPSA) is 32.3 Å². The molecule has 0 saturated carbocycles. The lowest BCUT2D eigenvalue weighted by Gasteiger charge is -2.28. The van der Waals surface area contributed by atoms with Crippen molar-refractivity contribution in [2.45, 2.75) is 37.1 Å². The number of aliphatic hydroxyl groups excluding tert-OH is 1. The summed E-state index contributed by atoms with van der Waals surface area (Å²) in [6.07, 6.45) is -7.77. The van der Waals surface area contributed by atoms with Crippen LogP contribution < -0.4 is 5.32 Å². The highest BCUT2D eigenvalue weighted by Gasteiger charge is 2.63. The van der Waals surface area contributed by atoms with Crippen LogP contribution in [0.2, 0.25) is 0 Å². The Kier molecular flexibility index (Phi) is 3.01. The molecule has 1 rings (SSSR count). The van der Waals surface area contributed by atoms with Gasteiger partial charge in [-0.05, 0) is 19.4 Å². The van der Waals surface area contributed by atoms with E-state index in [2.05, 4.69) is 5.32 Å². The summed E-state index contributed by atoms with van der Waals surface area (Å²) in [6.45, 7) is 0.357. The fourth-order valence-corrected chi connectivity index (χ4v) is 1.40. The molecule has 2 atom stereocenters. The van der Waals surface area contributed by atoms with Crippen molar-refractivity contribution in [3.63, 3.8) is 0 Å². The Morgan fingerprint density at radius 3 is 2.14 bits per heavy atom. The molecule has 1 aliphatic heterocycles. The Balaban J connectivity index is 2.70. The van der Waals surface area contributed by atoms with E-state index >= 15 is 0 Å². The third kappa shape index (κ3) is 1.98. The lowest BCUT2D eigenvalue weighted by Crippen LogP contribution is -2.54. The Bertz CT molecular complexity index is 199. The second kappa shape index (κ2) is 3.62. The first-order valence-electron chi connectivity index (χ1n) is 4.13. The Labute approximate surface area is 77.1 Å². The molecule has 7 heteroatoms. The fourth-order valence-electron chi connectivity index (χ4n) is 1.40. The van der Waals surface area contributed by atoms with Crippen LogP contribution in [-0.4, -0.2) is 35.9 Å². The molecular weight excluding hydrogens is 209 g/mol. The van der Waals surface area contributed by atoms with Gasteiger partial charge in [0.2, 0.25) is 0 Å². The second-order valence-corrected chi connectivity index (χ2v) is 3.27.